The molecular weight excluding hydrogens is 468 g/mol. The van der Waals surface area contributed by atoms with Crippen molar-refractivity contribution in [3.63, 3.8) is 0 Å². The lowest BCUT2D eigenvalue weighted by Crippen LogP contribution is -2.50. The molecule has 2 heterocycles. The van der Waals surface area contributed by atoms with Gasteiger partial charge in [-0.3, -0.25) is 4.79 Å². The Morgan fingerprint density at radius 1 is 1.11 bits per heavy atom. The van der Waals surface area contributed by atoms with Gasteiger partial charge in [0.05, 0.1) is 4.90 Å². The number of benzene rings is 1. The third-order valence-corrected chi connectivity index (χ3v) is 10.4. The molecule has 9 heteroatoms. The molecule has 0 N–H and O–H groups in total. The number of amides is 1. The molecule has 2 aliphatic rings. The number of carbonyl (C=O) groups excluding carboxylic acids is 1. The van der Waals surface area contributed by atoms with Gasteiger partial charge in [-0.15, -0.1) is 0 Å². The van der Waals surface area contributed by atoms with E-state index < -0.39 is 10.0 Å². The van der Waals surface area contributed by atoms with E-state index in [4.69, 9.17) is 0 Å². The predicted octanol–water partition coefficient (Wildman–Crippen LogP) is 4.00. The Hall–Kier alpha value is -0.220. The summed E-state index contributed by atoms with van der Waals surface area (Å²) in [7, 11) is 0.455. The Morgan fingerprint density at radius 2 is 1.81 bits per heavy atom. The first-order chi connectivity index (χ1) is 13.0. The topological polar surface area (TPSA) is 57.7 Å². The molecule has 0 saturated carbocycles. The van der Waals surface area contributed by atoms with Gasteiger partial charge in [0.15, 0.2) is 0 Å². The fourth-order valence-corrected chi connectivity index (χ4v) is 8.02. The highest BCUT2D eigenvalue weighted by atomic mass is 79.9. The van der Waals surface area contributed by atoms with Crippen molar-refractivity contribution in [2.24, 2.45) is 0 Å². The summed E-state index contributed by atoms with van der Waals surface area (Å²) in [5.41, 5.74) is 0. The zero-order valence-corrected chi connectivity index (χ0v) is 19.2. The molecule has 5 nitrogen and oxygen atoms in total. The monoisotopic (exact) mass is 492 g/mol. The van der Waals surface area contributed by atoms with Gasteiger partial charge >= 0.3 is 0 Å². The highest BCUT2D eigenvalue weighted by molar-refractivity contribution is 9.10. The van der Waals surface area contributed by atoms with Gasteiger partial charge in [0.2, 0.25) is 15.9 Å². The molecule has 0 spiro atoms. The Morgan fingerprint density at radius 3 is 2.44 bits per heavy atom. The zero-order valence-electron chi connectivity index (χ0n) is 15.2. The molecule has 2 fully saturated rings. The maximum Gasteiger partial charge on any atom is 0.243 e. The summed E-state index contributed by atoms with van der Waals surface area (Å²) < 4.78 is 27.8. The summed E-state index contributed by atoms with van der Waals surface area (Å²) in [5.74, 6) is 1.41. The number of piperazine rings is 1. The van der Waals surface area contributed by atoms with Gasteiger partial charge in [-0.05, 0) is 43.5 Å². The zero-order chi connectivity index (χ0) is 19.3. The molecule has 1 aromatic carbocycles. The van der Waals surface area contributed by atoms with Crippen molar-refractivity contribution in [1.29, 1.82) is 0 Å². The first kappa shape index (κ1) is 21.5. The van der Waals surface area contributed by atoms with Gasteiger partial charge < -0.3 is 4.90 Å². The number of carbonyl (C=O) groups is 1. The lowest BCUT2D eigenvalue weighted by molar-refractivity contribution is -0.132. The second kappa shape index (κ2) is 10.0. The highest BCUT2D eigenvalue weighted by Crippen LogP contribution is 2.39. The average molecular weight is 494 g/mol. The van der Waals surface area contributed by atoms with E-state index in [-0.39, 0.29) is 5.91 Å². The van der Waals surface area contributed by atoms with Crippen molar-refractivity contribution < 1.29 is 13.2 Å². The Bertz CT molecular complexity index is 729. The summed E-state index contributed by atoms with van der Waals surface area (Å²) in [4.78, 5) is 14.5. The van der Waals surface area contributed by atoms with E-state index in [1.54, 1.807) is 24.3 Å². The molecule has 2 saturated heterocycles. The van der Waals surface area contributed by atoms with Crippen LogP contribution in [0.3, 0.4) is 0 Å². The standard InChI is InChI=1S/C18H25BrN2O3S3/c19-15-5-7-17(8-6-15)27(23,24)21-12-10-20(11-13-21)18(22)4-2-1-3-16-9-14-25-26-16/h5-8,16H,1-4,9-14H2. The molecule has 150 valence electrons. The molecule has 0 radical (unpaired) electrons. The quantitative estimate of drug-likeness (QED) is 0.425. The lowest BCUT2D eigenvalue weighted by Gasteiger charge is -2.34. The smallest absolute Gasteiger partial charge is 0.243 e. The minimum atomic E-state index is -3.49. The minimum absolute atomic E-state index is 0.157. The fourth-order valence-electron chi connectivity index (χ4n) is 3.30. The van der Waals surface area contributed by atoms with Crippen LogP contribution in [0.5, 0.6) is 0 Å². The molecule has 1 atom stereocenters. The number of halogens is 1. The fraction of sp³-hybridized carbons (Fsp3) is 0.611. The van der Waals surface area contributed by atoms with E-state index in [2.05, 4.69) is 15.9 Å². The molecule has 0 bridgehead atoms. The lowest BCUT2D eigenvalue weighted by atomic mass is 10.1. The summed E-state index contributed by atoms with van der Waals surface area (Å²) >= 11 is 3.32. The van der Waals surface area contributed by atoms with Crippen molar-refractivity contribution in [2.45, 2.75) is 42.2 Å². The van der Waals surface area contributed by atoms with Crippen molar-refractivity contribution in [3.05, 3.63) is 28.7 Å². The van der Waals surface area contributed by atoms with Gasteiger partial charge in [-0.25, -0.2) is 8.42 Å². The Kier molecular flexibility index (Phi) is 7.96. The SMILES string of the molecule is O=C(CCCCC1CCSS1)N1CCN(S(=O)(=O)c2ccc(Br)cc2)CC1. The third-order valence-electron chi connectivity index (χ3n) is 4.94. The Labute approximate surface area is 178 Å². The number of hydrogen-bond acceptors (Lipinski definition) is 5. The van der Waals surface area contributed by atoms with Crippen LogP contribution in [-0.4, -0.2) is 60.7 Å². The summed E-state index contributed by atoms with van der Waals surface area (Å²) in [6, 6.07) is 6.68. The number of sulfonamides is 1. The molecule has 0 aromatic heterocycles. The van der Waals surface area contributed by atoms with Crippen LogP contribution in [0.25, 0.3) is 0 Å². The van der Waals surface area contributed by atoms with Gasteiger partial charge in [-0.2, -0.15) is 4.31 Å². The largest absolute Gasteiger partial charge is 0.340 e. The molecule has 1 unspecified atom stereocenters. The van der Waals surface area contributed by atoms with Gasteiger partial charge in [0.1, 0.15) is 0 Å². The molecule has 1 amide bonds. The van der Waals surface area contributed by atoms with Crippen molar-refractivity contribution >= 4 is 53.4 Å². The van der Waals surface area contributed by atoms with E-state index in [1.807, 2.05) is 26.5 Å². The van der Waals surface area contributed by atoms with Gasteiger partial charge in [0.25, 0.3) is 0 Å². The second-order valence-electron chi connectivity index (χ2n) is 6.81. The maximum absolute atomic E-state index is 12.7. The number of hydrogen-bond donors (Lipinski definition) is 0. The number of rotatable bonds is 7. The first-order valence-corrected chi connectivity index (χ1v) is 13.9. The van der Waals surface area contributed by atoms with E-state index in [1.165, 1.54) is 22.9 Å². The van der Waals surface area contributed by atoms with E-state index in [9.17, 15) is 13.2 Å². The van der Waals surface area contributed by atoms with Crippen LogP contribution in [0.1, 0.15) is 32.1 Å². The number of unbranched alkanes of at least 4 members (excludes halogenated alkanes) is 1. The van der Waals surface area contributed by atoms with Crippen molar-refractivity contribution in [3.8, 4) is 0 Å². The summed E-state index contributed by atoms with van der Waals surface area (Å²) in [6.45, 7) is 1.67. The van der Waals surface area contributed by atoms with Crippen molar-refractivity contribution in [2.75, 3.05) is 31.9 Å². The summed E-state index contributed by atoms with van der Waals surface area (Å²) in [6.07, 6.45) is 5.09. The van der Waals surface area contributed by atoms with Gasteiger partial charge in [-0.1, -0.05) is 43.9 Å². The van der Waals surface area contributed by atoms with Crippen LogP contribution in [0.2, 0.25) is 0 Å². The van der Waals surface area contributed by atoms with Gasteiger partial charge in [0, 0.05) is 48.1 Å². The van der Waals surface area contributed by atoms with Crippen molar-refractivity contribution in [1.82, 2.24) is 9.21 Å². The molecule has 1 aromatic rings. The minimum Gasteiger partial charge on any atom is -0.340 e. The van der Waals surface area contributed by atoms with Crippen LogP contribution < -0.4 is 0 Å². The normalized spacial score (nSPS) is 21.5. The second-order valence-corrected chi connectivity index (χ2v) is 12.5. The van der Waals surface area contributed by atoms with E-state index >= 15 is 0 Å². The summed E-state index contributed by atoms with van der Waals surface area (Å²) in [5, 5.41) is 0.762. The third kappa shape index (κ3) is 5.88. The molecule has 2 aliphatic heterocycles. The van der Waals surface area contributed by atoms with E-state index in [0.29, 0.717) is 37.5 Å². The van der Waals surface area contributed by atoms with Crippen LogP contribution >= 0.6 is 37.5 Å². The maximum atomic E-state index is 12.7. The van der Waals surface area contributed by atoms with Crippen LogP contribution in [0.4, 0.5) is 0 Å². The van der Waals surface area contributed by atoms with Crippen LogP contribution in [0.15, 0.2) is 33.6 Å². The van der Waals surface area contributed by atoms with Crippen LogP contribution in [-0.2, 0) is 14.8 Å². The average Bonchev–Trinajstić information content (AvgIpc) is 3.19. The number of nitrogens with zero attached hydrogens (tertiary/aromatic N) is 2. The predicted molar refractivity (Wildman–Crippen MR) is 116 cm³/mol. The highest BCUT2D eigenvalue weighted by Gasteiger charge is 2.29. The first-order valence-electron chi connectivity index (χ1n) is 9.28. The molecule has 27 heavy (non-hydrogen) atoms. The molecule has 3 rings (SSSR count). The Balaban J connectivity index is 1.42. The van der Waals surface area contributed by atoms with E-state index in [0.717, 1.165) is 22.6 Å². The van der Waals surface area contributed by atoms with Crippen LogP contribution in [0, 0.1) is 0 Å². The molecule has 0 aliphatic carbocycles. The molecular formula is C18H25BrN2O3S3.